The normalized spacial score (nSPS) is 16.7. The van der Waals surface area contributed by atoms with Crippen LogP contribution in [0.25, 0.3) is 10.2 Å². The van der Waals surface area contributed by atoms with Crippen LogP contribution in [-0.4, -0.2) is 36.9 Å². The van der Waals surface area contributed by atoms with Crippen molar-refractivity contribution in [3.63, 3.8) is 0 Å². The van der Waals surface area contributed by atoms with Gasteiger partial charge in [-0.05, 0) is 24.3 Å². The molecule has 1 aliphatic heterocycles. The molecule has 0 N–H and O–H groups in total. The number of ether oxygens (including phenoxy) is 3. The van der Waals surface area contributed by atoms with Gasteiger partial charge >= 0.3 is 0 Å². The largest absolute Gasteiger partial charge is 0.485 e. The summed E-state index contributed by atoms with van der Waals surface area (Å²) in [6.45, 7) is 0.836. The summed E-state index contributed by atoms with van der Waals surface area (Å²) < 4.78 is 33.1. The molecule has 6 nitrogen and oxygen atoms in total. The quantitative estimate of drug-likeness (QED) is 0.690. The topological polar surface area (TPSA) is 62.1 Å². The van der Waals surface area contributed by atoms with Crippen LogP contribution in [-0.2, 0) is 16.1 Å². The average Bonchev–Trinajstić information content (AvgIpc) is 3.04. The van der Waals surface area contributed by atoms with Gasteiger partial charge in [-0.3, -0.25) is 4.79 Å². The second-order valence-electron chi connectivity index (χ2n) is 5.93. The Labute approximate surface area is 158 Å². The predicted molar refractivity (Wildman–Crippen MR) is 98.6 cm³/mol. The van der Waals surface area contributed by atoms with E-state index in [1.807, 2.05) is 6.07 Å². The summed E-state index contributed by atoms with van der Waals surface area (Å²) in [4.78, 5) is 17.3. The maximum absolute atomic E-state index is 14.3. The first-order valence-electron chi connectivity index (χ1n) is 8.41. The fraction of sp³-hybridized carbons (Fsp3) is 0.263. The second kappa shape index (κ2) is 7.50. The van der Waals surface area contributed by atoms with Crippen LogP contribution < -0.4 is 14.3 Å². The first-order valence-corrected chi connectivity index (χ1v) is 9.23. The first-order chi connectivity index (χ1) is 13.2. The highest BCUT2D eigenvalue weighted by Crippen LogP contribution is 2.31. The molecule has 2 heterocycles. The number of benzene rings is 2. The van der Waals surface area contributed by atoms with E-state index in [0.29, 0.717) is 39.7 Å². The molecule has 4 rings (SSSR count). The van der Waals surface area contributed by atoms with E-state index < -0.39 is 12.0 Å². The van der Waals surface area contributed by atoms with Gasteiger partial charge in [0.2, 0.25) is 6.10 Å². The minimum absolute atomic E-state index is 0.0800. The Kier molecular flexibility index (Phi) is 4.91. The number of rotatable bonds is 4. The molecule has 0 bridgehead atoms. The van der Waals surface area contributed by atoms with Crippen LogP contribution >= 0.6 is 11.3 Å². The molecule has 1 aliphatic rings. The maximum Gasteiger partial charge on any atom is 0.292 e. The van der Waals surface area contributed by atoms with Gasteiger partial charge in [0.05, 0.1) is 16.8 Å². The number of aromatic nitrogens is 1. The van der Waals surface area contributed by atoms with Crippen molar-refractivity contribution >= 4 is 27.5 Å². The number of carbonyl (C=O) groups is 1. The minimum atomic E-state index is -0.842. The molecular formula is C19H17FN2O4S. The third-order valence-electron chi connectivity index (χ3n) is 4.16. The van der Waals surface area contributed by atoms with Crippen LogP contribution in [0.1, 0.15) is 0 Å². The van der Waals surface area contributed by atoms with Crippen LogP contribution in [0.3, 0.4) is 0 Å². The Morgan fingerprint density at radius 1 is 1.30 bits per heavy atom. The molecule has 8 heteroatoms. The molecular weight excluding hydrogens is 371 g/mol. The number of fused-ring (bicyclic) bond motifs is 2. The second-order valence-corrected chi connectivity index (χ2v) is 6.94. The molecule has 0 spiro atoms. The lowest BCUT2D eigenvalue weighted by Crippen LogP contribution is -2.37. The Morgan fingerprint density at radius 3 is 2.93 bits per heavy atom. The Morgan fingerprint density at radius 2 is 2.11 bits per heavy atom. The number of carbonyl (C=O) groups excluding carboxylic acids is 1. The van der Waals surface area contributed by atoms with Crippen molar-refractivity contribution in [2.45, 2.75) is 12.6 Å². The van der Waals surface area contributed by atoms with Gasteiger partial charge in [0.25, 0.3) is 5.91 Å². The molecule has 2 aromatic carbocycles. The summed E-state index contributed by atoms with van der Waals surface area (Å²) in [7, 11) is 1.57. The number of para-hydroxylation sites is 3. The van der Waals surface area contributed by atoms with Gasteiger partial charge in [-0.25, -0.2) is 4.39 Å². The van der Waals surface area contributed by atoms with Crippen molar-refractivity contribution in [1.29, 1.82) is 0 Å². The van der Waals surface area contributed by atoms with E-state index >= 15 is 0 Å². The molecule has 1 amide bonds. The summed E-state index contributed by atoms with van der Waals surface area (Å²) in [6, 6.07) is 12.0. The number of methoxy groups -OCH3 is 1. The van der Waals surface area contributed by atoms with Gasteiger partial charge in [0.15, 0.2) is 16.3 Å². The zero-order valence-electron chi connectivity index (χ0n) is 14.6. The summed E-state index contributed by atoms with van der Waals surface area (Å²) in [5, 5.41) is 0. The third-order valence-corrected chi connectivity index (χ3v) is 5.20. The number of nitrogens with zero attached hydrogens (tertiary/aromatic N) is 2. The van der Waals surface area contributed by atoms with Crippen LogP contribution in [0, 0.1) is 5.82 Å². The number of thiazole rings is 1. The first kappa shape index (κ1) is 17.7. The maximum atomic E-state index is 14.3. The van der Waals surface area contributed by atoms with Crippen molar-refractivity contribution in [3.05, 3.63) is 53.1 Å². The number of halogens is 1. The van der Waals surface area contributed by atoms with Gasteiger partial charge in [-0.1, -0.05) is 29.5 Å². The monoisotopic (exact) mass is 388 g/mol. The van der Waals surface area contributed by atoms with Crippen LogP contribution in [0.2, 0.25) is 0 Å². The van der Waals surface area contributed by atoms with Gasteiger partial charge in [0.1, 0.15) is 12.4 Å². The van der Waals surface area contributed by atoms with E-state index in [0.717, 1.165) is 0 Å². The molecule has 1 aromatic heterocycles. The van der Waals surface area contributed by atoms with Crippen LogP contribution in [0.5, 0.6) is 11.5 Å². The molecule has 0 radical (unpaired) electrons. The van der Waals surface area contributed by atoms with E-state index in [-0.39, 0.29) is 12.4 Å². The molecule has 0 saturated carbocycles. The van der Waals surface area contributed by atoms with Crippen molar-refractivity contribution in [3.8, 4) is 11.5 Å². The third kappa shape index (κ3) is 3.45. The number of hydrogen-bond donors (Lipinski definition) is 0. The van der Waals surface area contributed by atoms with E-state index in [9.17, 15) is 9.18 Å². The highest BCUT2D eigenvalue weighted by molar-refractivity contribution is 7.16. The predicted octanol–water partition coefficient (Wildman–Crippen LogP) is 2.76. The fourth-order valence-corrected chi connectivity index (χ4v) is 3.95. The highest BCUT2D eigenvalue weighted by atomic mass is 32.1. The van der Waals surface area contributed by atoms with Gasteiger partial charge < -0.3 is 18.8 Å². The molecule has 3 aromatic rings. The molecule has 0 saturated heterocycles. The SMILES string of the molecule is COCCn1c(=NC(=O)C2COc3ccccc3O2)sc2cccc(F)c21. The van der Waals surface area contributed by atoms with Gasteiger partial charge in [-0.15, -0.1) is 0 Å². The average molecular weight is 388 g/mol. The van der Waals surface area contributed by atoms with Crippen molar-refractivity contribution < 1.29 is 23.4 Å². The summed E-state index contributed by atoms with van der Waals surface area (Å²) in [5.41, 5.74) is 0.414. The number of amides is 1. The van der Waals surface area contributed by atoms with Crippen molar-refractivity contribution in [2.24, 2.45) is 4.99 Å². The molecule has 0 aliphatic carbocycles. The smallest absolute Gasteiger partial charge is 0.292 e. The van der Waals surface area contributed by atoms with Crippen LogP contribution in [0.4, 0.5) is 4.39 Å². The molecule has 0 fully saturated rings. The van der Waals surface area contributed by atoms with Gasteiger partial charge in [0, 0.05) is 13.7 Å². The Hall–Kier alpha value is -2.71. The Balaban J connectivity index is 1.70. The zero-order chi connectivity index (χ0) is 18.8. The fourth-order valence-electron chi connectivity index (χ4n) is 2.87. The summed E-state index contributed by atoms with van der Waals surface area (Å²) in [6.07, 6.45) is -0.842. The highest BCUT2D eigenvalue weighted by Gasteiger charge is 2.27. The van der Waals surface area contributed by atoms with E-state index in [4.69, 9.17) is 14.2 Å². The van der Waals surface area contributed by atoms with Crippen molar-refractivity contribution in [2.75, 3.05) is 20.3 Å². The minimum Gasteiger partial charge on any atom is -0.485 e. The zero-order valence-corrected chi connectivity index (χ0v) is 15.4. The Bertz CT molecular complexity index is 1060. The molecule has 1 unspecified atom stereocenters. The lowest BCUT2D eigenvalue weighted by molar-refractivity contribution is -0.127. The molecule has 140 valence electrons. The van der Waals surface area contributed by atoms with Gasteiger partial charge in [-0.2, -0.15) is 4.99 Å². The lowest BCUT2D eigenvalue weighted by atomic mass is 10.2. The van der Waals surface area contributed by atoms with Crippen molar-refractivity contribution in [1.82, 2.24) is 4.57 Å². The summed E-state index contributed by atoms with van der Waals surface area (Å²) in [5.74, 6) is 0.273. The van der Waals surface area contributed by atoms with E-state index in [1.54, 1.807) is 42.0 Å². The van der Waals surface area contributed by atoms with E-state index in [2.05, 4.69) is 4.99 Å². The summed E-state index contributed by atoms with van der Waals surface area (Å²) >= 11 is 1.25. The number of hydrogen-bond acceptors (Lipinski definition) is 5. The van der Waals surface area contributed by atoms with E-state index in [1.165, 1.54) is 17.4 Å². The molecule has 27 heavy (non-hydrogen) atoms. The molecule has 1 atom stereocenters. The van der Waals surface area contributed by atoms with Crippen LogP contribution in [0.15, 0.2) is 47.5 Å². The standard InChI is InChI=1S/C19H17FN2O4S/c1-24-10-9-22-17-12(20)5-4-8-16(17)27-19(22)21-18(23)15-11-25-13-6-2-3-7-14(13)26-15/h2-8,15H,9-11H2,1H3. The lowest BCUT2D eigenvalue weighted by Gasteiger charge is -2.23.